The number of fused-ring (bicyclic) bond motifs is 1. The predicted octanol–water partition coefficient (Wildman–Crippen LogP) is 2.75. The molecule has 1 aromatic carbocycles. The summed E-state index contributed by atoms with van der Waals surface area (Å²) in [4.78, 5) is 29.0. The summed E-state index contributed by atoms with van der Waals surface area (Å²) >= 11 is 0. The summed E-state index contributed by atoms with van der Waals surface area (Å²) in [6.45, 7) is 8.67. The van der Waals surface area contributed by atoms with Gasteiger partial charge in [0.05, 0.1) is 6.42 Å². The molecule has 0 aliphatic carbocycles. The number of rotatable bonds is 3. The number of aryl methyl sites for hydroxylation is 1. The molecule has 5 nitrogen and oxygen atoms in total. The SMILES string of the molecule is Cc1c(CC(=O)N2CCCN(C(=O)C(C)C)CC2)c2ccccc2n1C. The third-order valence-corrected chi connectivity index (χ3v) is 5.51. The molecular formula is C21H29N3O2. The lowest BCUT2D eigenvalue weighted by molar-refractivity contribution is -0.135. The highest BCUT2D eigenvalue weighted by atomic mass is 16.2. The second-order valence-corrected chi connectivity index (χ2v) is 7.53. The van der Waals surface area contributed by atoms with Crippen LogP contribution in [0, 0.1) is 12.8 Å². The van der Waals surface area contributed by atoms with E-state index in [1.165, 1.54) is 0 Å². The van der Waals surface area contributed by atoms with Gasteiger partial charge in [0.1, 0.15) is 0 Å². The average molecular weight is 355 g/mol. The molecule has 0 unspecified atom stereocenters. The highest BCUT2D eigenvalue weighted by Crippen LogP contribution is 2.25. The second kappa shape index (κ2) is 7.52. The van der Waals surface area contributed by atoms with Crippen LogP contribution in [-0.4, -0.2) is 52.4 Å². The Morgan fingerprint density at radius 3 is 2.42 bits per heavy atom. The number of amides is 2. The first-order valence-corrected chi connectivity index (χ1v) is 9.49. The van der Waals surface area contributed by atoms with Gasteiger partial charge in [-0.2, -0.15) is 0 Å². The summed E-state index contributed by atoms with van der Waals surface area (Å²) in [5.41, 5.74) is 3.43. The molecule has 1 saturated heterocycles. The summed E-state index contributed by atoms with van der Waals surface area (Å²) in [7, 11) is 2.05. The number of benzene rings is 1. The largest absolute Gasteiger partial charge is 0.348 e. The highest BCUT2D eigenvalue weighted by molar-refractivity contribution is 5.90. The molecule has 2 amide bonds. The lowest BCUT2D eigenvalue weighted by atomic mass is 10.1. The first-order valence-electron chi connectivity index (χ1n) is 9.49. The van der Waals surface area contributed by atoms with E-state index in [0.717, 1.165) is 41.7 Å². The van der Waals surface area contributed by atoms with Crippen molar-refractivity contribution >= 4 is 22.7 Å². The molecule has 1 fully saturated rings. The minimum atomic E-state index is 0.00980. The van der Waals surface area contributed by atoms with Gasteiger partial charge in [-0.05, 0) is 25.0 Å². The van der Waals surface area contributed by atoms with E-state index in [2.05, 4.69) is 23.6 Å². The van der Waals surface area contributed by atoms with E-state index in [-0.39, 0.29) is 17.7 Å². The summed E-state index contributed by atoms with van der Waals surface area (Å²) in [5.74, 6) is 0.350. The van der Waals surface area contributed by atoms with Gasteiger partial charge in [-0.25, -0.2) is 0 Å². The zero-order chi connectivity index (χ0) is 18.8. The summed E-state index contributed by atoms with van der Waals surface area (Å²) in [6, 6.07) is 8.24. The normalized spacial score (nSPS) is 15.6. The average Bonchev–Trinajstić information content (AvgIpc) is 2.82. The molecule has 26 heavy (non-hydrogen) atoms. The fourth-order valence-corrected chi connectivity index (χ4v) is 3.84. The van der Waals surface area contributed by atoms with E-state index in [1.54, 1.807) is 0 Å². The number of nitrogens with zero attached hydrogens (tertiary/aromatic N) is 3. The van der Waals surface area contributed by atoms with Crippen LogP contribution in [0.2, 0.25) is 0 Å². The number of carbonyl (C=O) groups excluding carboxylic acids is 2. The second-order valence-electron chi connectivity index (χ2n) is 7.53. The van der Waals surface area contributed by atoms with Gasteiger partial charge in [0.25, 0.3) is 0 Å². The number of para-hydroxylation sites is 1. The van der Waals surface area contributed by atoms with Gasteiger partial charge in [-0.1, -0.05) is 32.0 Å². The Hall–Kier alpha value is -2.30. The van der Waals surface area contributed by atoms with Crippen LogP contribution in [0.15, 0.2) is 24.3 Å². The van der Waals surface area contributed by atoms with Gasteiger partial charge < -0.3 is 14.4 Å². The highest BCUT2D eigenvalue weighted by Gasteiger charge is 2.24. The number of hydrogen-bond acceptors (Lipinski definition) is 2. The standard InChI is InChI=1S/C21H29N3O2/c1-15(2)21(26)24-11-7-10-23(12-13-24)20(25)14-18-16(3)22(4)19-9-6-5-8-17(18)19/h5-6,8-9,15H,7,10-14H2,1-4H3. The van der Waals surface area contributed by atoms with Crippen molar-refractivity contribution in [1.82, 2.24) is 14.4 Å². The number of hydrogen-bond donors (Lipinski definition) is 0. The van der Waals surface area contributed by atoms with Crippen LogP contribution in [0.3, 0.4) is 0 Å². The molecule has 2 heterocycles. The molecule has 140 valence electrons. The van der Waals surface area contributed by atoms with Crippen LogP contribution in [0.4, 0.5) is 0 Å². The maximum atomic E-state index is 12.9. The summed E-state index contributed by atoms with van der Waals surface area (Å²) in [5, 5.41) is 1.16. The van der Waals surface area contributed by atoms with Crippen molar-refractivity contribution in [3.8, 4) is 0 Å². The summed E-state index contributed by atoms with van der Waals surface area (Å²) < 4.78 is 2.16. The molecule has 2 aromatic rings. The molecule has 1 aromatic heterocycles. The van der Waals surface area contributed by atoms with Crippen LogP contribution in [0.1, 0.15) is 31.5 Å². The predicted molar refractivity (Wildman–Crippen MR) is 104 cm³/mol. The van der Waals surface area contributed by atoms with Gasteiger partial charge in [0.2, 0.25) is 11.8 Å². The Morgan fingerprint density at radius 1 is 1.04 bits per heavy atom. The van der Waals surface area contributed by atoms with E-state index >= 15 is 0 Å². The van der Waals surface area contributed by atoms with E-state index in [4.69, 9.17) is 0 Å². The molecule has 0 radical (unpaired) electrons. The lowest BCUT2D eigenvalue weighted by Crippen LogP contribution is -2.39. The number of carbonyl (C=O) groups is 2. The van der Waals surface area contributed by atoms with Gasteiger partial charge in [-0.3, -0.25) is 9.59 Å². The van der Waals surface area contributed by atoms with Crippen molar-refractivity contribution in [1.29, 1.82) is 0 Å². The van der Waals surface area contributed by atoms with Crippen molar-refractivity contribution < 1.29 is 9.59 Å². The van der Waals surface area contributed by atoms with Crippen molar-refractivity contribution in [2.24, 2.45) is 13.0 Å². The van der Waals surface area contributed by atoms with Crippen LogP contribution >= 0.6 is 0 Å². The lowest BCUT2D eigenvalue weighted by Gasteiger charge is -2.23. The molecule has 3 rings (SSSR count). The van der Waals surface area contributed by atoms with Crippen molar-refractivity contribution in [2.45, 2.75) is 33.6 Å². The molecular weight excluding hydrogens is 326 g/mol. The van der Waals surface area contributed by atoms with E-state index in [0.29, 0.717) is 19.5 Å². The van der Waals surface area contributed by atoms with Crippen molar-refractivity contribution in [2.75, 3.05) is 26.2 Å². The molecule has 5 heteroatoms. The summed E-state index contributed by atoms with van der Waals surface area (Å²) in [6.07, 6.45) is 1.27. The van der Waals surface area contributed by atoms with Crippen LogP contribution < -0.4 is 0 Å². The Labute approximate surface area is 155 Å². The topological polar surface area (TPSA) is 45.6 Å². The first-order chi connectivity index (χ1) is 12.4. The molecule has 0 N–H and O–H groups in total. The van der Waals surface area contributed by atoms with Crippen LogP contribution in [-0.2, 0) is 23.1 Å². The quantitative estimate of drug-likeness (QED) is 0.850. The Balaban J connectivity index is 1.73. The van der Waals surface area contributed by atoms with Gasteiger partial charge in [0, 0.05) is 55.7 Å². The molecule has 0 saturated carbocycles. The van der Waals surface area contributed by atoms with Gasteiger partial charge >= 0.3 is 0 Å². The van der Waals surface area contributed by atoms with Crippen molar-refractivity contribution in [3.63, 3.8) is 0 Å². The van der Waals surface area contributed by atoms with E-state index < -0.39 is 0 Å². The Morgan fingerprint density at radius 2 is 1.69 bits per heavy atom. The Kier molecular flexibility index (Phi) is 5.35. The Bertz CT molecular complexity index is 822. The molecule has 1 aliphatic rings. The fraction of sp³-hybridized carbons (Fsp3) is 0.524. The minimum absolute atomic E-state index is 0.00980. The maximum absolute atomic E-state index is 12.9. The molecule has 0 bridgehead atoms. The molecule has 0 spiro atoms. The van der Waals surface area contributed by atoms with Gasteiger partial charge in [-0.15, -0.1) is 0 Å². The zero-order valence-corrected chi connectivity index (χ0v) is 16.3. The third-order valence-electron chi connectivity index (χ3n) is 5.51. The monoisotopic (exact) mass is 355 g/mol. The van der Waals surface area contributed by atoms with Crippen LogP contribution in [0.5, 0.6) is 0 Å². The zero-order valence-electron chi connectivity index (χ0n) is 16.3. The van der Waals surface area contributed by atoms with E-state index in [1.807, 2.05) is 42.8 Å². The molecule has 1 aliphatic heterocycles. The molecule has 0 atom stereocenters. The maximum Gasteiger partial charge on any atom is 0.227 e. The smallest absolute Gasteiger partial charge is 0.227 e. The van der Waals surface area contributed by atoms with Crippen LogP contribution in [0.25, 0.3) is 10.9 Å². The third kappa shape index (κ3) is 3.48. The fourth-order valence-electron chi connectivity index (χ4n) is 3.84. The van der Waals surface area contributed by atoms with Crippen molar-refractivity contribution in [3.05, 3.63) is 35.5 Å². The van der Waals surface area contributed by atoms with Gasteiger partial charge in [0.15, 0.2) is 0 Å². The number of aromatic nitrogens is 1. The minimum Gasteiger partial charge on any atom is -0.348 e. The first kappa shape index (κ1) is 18.5. The van der Waals surface area contributed by atoms with E-state index in [9.17, 15) is 9.59 Å².